The van der Waals surface area contributed by atoms with Crippen LogP contribution in [-0.4, -0.2) is 21.7 Å². The molecule has 0 spiro atoms. The maximum atomic E-state index is 12.2. The van der Waals surface area contributed by atoms with Gasteiger partial charge in [-0.25, -0.2) is 4.98 Å². The Kier molecular flexibility index (Phi) is 5.83. The van der Waals surface area contributed by atoms with E-state index in [-0.39, 0.29) is 30.1 Å². The summed E-state index contributed by atoms with van der Waals surface area (Å²) in [7, 11) is 0. The zero-order valence-electron chi connectivity index (χ0n) is 14.4. The Bertz CT molecular complexity index is 1060. The quantitative estimate of drug-likeness (QED) is 0.609. The number of rotatable bonds is 6. The fourth-order valence-electron chi connectivity index (χ4n) is 2.50. The number of amides is 1. The second kappa shape index (κ2) is 8.28. The van der Waals surface area contributed by atoms with Gasteiger partial charge in [-0.1, -0.05) is 23.7 Å². The highest BCUT2D eigenvalue weighted by molar-refractivity contribution is 7.18. The molecule has 0 fully saturated rings. The number of Topliss-reactive ketones (excluding diaryl/α,β-unsaturated/α-hetero) is 1. The Balaban J connectivity index is 1.64. The third kappa shape index (κ3) is 5.12. The number of ketones is 1. The van der Waals surface area contributed by atoms with Gasteiger partial charge >= 0.3 is 0 Å². The predicted octanol–water partition coefficient (Wildman–Crippen LogP) is 4.06. The Labute approximate surface area is 164 Å². The van der Waals surface area contributed by atoms with Gasteiger partial charge in [0.25, 0.3) is 5.56 Å². The number of carbonyl (C=O) groups excluding carboxylic acids is 2. The number of thiophene rings is 1. The van der Waals surface area contributed by atoms with E-state index in [0.717, 1.165) is 0 Å². The van der Waals surface area contributed by atoms with Crippen LogP contribution in [0.1, 0.15) is 28.2 Å². The van der Waals surface area contributed by atoms with E-state index in [9.17, 15) is 14.4 Å². The molecule has 3 aromatic rings. The van der Waals surface area contributed by atoms with Crippen molar-refractivity contribution in [2.75, 3.05) is 5.32 Å². The van der Waals surface area contributed by atoms with E-state index in [0.29, 0.717) is 32.0 Å². The smallest absolute Gasteiger partial charge is 0.251 e. The molecule has 0 unspecified atom stereocenters. The number of nitrogens with one attached hydrogen (secondary N) is 2. The van der Waals surface area contributed by atoms with Crippen LogP contribution in [0.5, 0.6) is 0 Å². The number of aromatic amines is 1. The molecule has 8 heteroatoms. The van der Waals surface area contributed by atoms with Gasteiger partial charge < -0.3 is 10.3 Å². The van der Waals surface area contributed by atoms with E-state index < -0.39 is 0 Å². The number of anilines is 1. The molecule has 0 aliphatic rings. The Morgan fingerprint density at radius 3 is 2.70 bits per heavy atom. The summed E-state index contributed by atoms with van der Waals surface area (Å²) >= 11 is 7.02. The summed E-state index contributed by atoms with van der Waals surface area (Å²) in [5, 5.41) is 2.76. The molecule has 0 saturated heterocycles. The van der Waals surface area contributed by atoms with Gasteiger partial charge in [-0.2, -0.15) is 0 Å². The molecule has 6 nitrogen and oxygen atoms in total. The number of hydrogen-bond donors (Lipinski definition) is 2. The number of hydrogen-bond acceptors (Lipinski definition) is 5. The lowest BCUT2D eigenvalue weighted by atomic mass is 10.1. The molecular weight excluding hydrogens is 386 g/mol. The lowest BCUT2D eigenvalue weighted by molar-refractivity contribution is -0.116. The van der Waals surface area contributed by atoms with Crippen molar-refractivity contribution in [2.45, 2.75) is 19.8 Å². The van der Waals surface area contributed by atoms with E-state index >= 15 is 0 Å². The van der Waals surface area contributed by atoms with Gasteiger partial charge in [0.2, 0.25) is 5.91 Å². The van der Waals surface area contributed by atoms with Crippen molar-refractivity contribution in [3.05, 3.63) is 67.7 Å². The second-order valence-electron chi connectivity index (χ2n) is 5.89. The van der Waals surface area contributed by atoms with Crippen molar-refractivity contribution >= 4 is 40.3 Å². The Hall–Kier alpha value is -2.77. The van der Waals surface area contributed by atoms with Crippen LogP contribution in [0, 0.1) is 6.92 Å². The van der Waals surface area contributed by atoms with Gasteiger partial charge in [0.1, 0.15) is 5.82 Å². The average Bonchev–Trinajstić information content (AvgIpc) is 3.05. The van der Waals surface area contributed by atoms with Crippen molar-refractivity contribution in [3.63, 3.8) is 0 Å². The summed E-state index contributed by atoms with van der Waals surface area (Å²) in [6, 6.07) is 11.7. The number of carbonyl (C=O) groups is 2. The van der Waals surface area contributed by atoms with Crippen LogP contribution in [0.2, 0.25) is 4.34 Å². The molecular formula is C19H16ClN3O3S. The fourth-order valence-corrected chi connectivity index (χ4v) is 3.51. The van der Waals surface area contributed by atoms with E-state index in [1.807, 2.05) is 0 Å². The summed E-state index contributed by atoms with van der Waals surface area (Å²) in [6.07, 6.45) is 0.174. The Morgan fingerprint density at radius 2 is 2.00 bits per heavy atom. The van der Waals surface area contributed by atoms with Crippen LogP contribution in [0.3, 0.4) is 0 Å². The number of nitrogens with zero attached hydrogens (tertiary/aromatic N) is 1. The molecule has 0 atom stereocenters. The van der Waals surface area contributed by atoms with Crippen LogP contribution < -0.4 is 10.9 Å². The van der Waals surface area contributed by atoms with E-state index in [4.69, 9.17) is 11.6 Å². The SMILES string of the molecule is Cc1cc(=O)[nH]c(-c2cccc(NC(=O)CCC(=O)c3ccc(Cl)s3)c2)n1. The third-order valence-electron chi connectivity index (χ3n) is 3.72. The molecule has 0 aliphatic heterocycles. The third-order valence-corrected chi connectivity index (χ3v) is 4.99. The van der Waals surface area contributed by atoms with Crippen LogP contribution >= 0.6 is 22.9 Å². The predicted molar refractivity (Wildman–Crippen MR) is 107 cm³/mol. The zero-order valence-corrected chi connectivity index (χ0v) is 16.0. The minimum absolute atomic E-state index is 0.0676. The molecule has 0 aliphatic carbocycles. The van der Waals surface area contributed by atoms with Crippen molar-refractivity contribution in [1.82, 2.24) is 9.97 Å². The largest absolute Gasteiger partial charge is 0.326 e. The van der Waals surface area contributed by atoms with Crippen LogP contribution in [0.25, 0.3) is 11.4 Å². The first-order chi connectivity index (χ1) is 12.9. The van der Waals surface area contributed by atoms with Crippen molar-refractivity contribution in [3.8, 4) is 11.4 Å². The van der Waals surface area contributed by atoms with Gasteiger partial charge in [-0.3, -0.25) is 14.4 Å². The van der Waals surface area contributed by atoms with E-state index in [1.165, 1.54) is 17.4 Å². The highest BCUT2D eigenvalue weighted by Crippen LogP contribution is 2.23. The van der Waals surface area contributed by atoms with Gasteiger partial charge in [0.05, 0.1) is 9.21 Å². The first-order valence-corrected chi connectivity index (χ1v) is 9.37. The van der Waals surface area contributed by atoms with E-state index in [1.54, 1.807) is 43.3 Å². The monoisotopic (exact) mass is 401 g/mol. The van der Waals surface area contributed by atoms with Gasteiger partial charge in [0.15, 0.2) is 5.78 Å². The summed E-state index contributed by atoms with van der Waals surface area (Å²) in [5.74, 6) is 0.0482. The van der Waals surface area contributed by atoms with Crippen LogP contribution in [-0.2, 0) is 4.79 Å². The Morgan fingerprint density at radius 1 is 1.19 bits per heavy atom. The van der Waals surface area contributed by atoms with E-state index in [2.05, 4.69) is 15.3 Å². The summed E-state index contributed by atoms with van der Waals surface area (Å²) in [6.45, 7) is 1.74. The molecule has 27 heavy (non-hydrogen) atoms. The molecule has 0 bridgehead atoms. The summed E-state index contributed by atoms with van der Waals surface area (Å²) < 4.78 is 0.544. The summed E-state index contributed by atoms with van der Waals surface area (Å²) in [4.78, 5) is 43.3. The fraction of sp³-hybridized carbons (Fsp3) is 0.158. The van der Waals surface area contributed by atoms with Crippen molar-refractivity contribution in [2.24, 2.45) is 0 Å². The number of aryl methyl sites for hydroxylation is 1. The van der Waals surface area contributed by atoms with Gasteiger partial charge in [-0.05, 0) is 31.2 Å². The second-order valence-corrected chi connectivity index (χ2v) is 7.61. The maximum absolute atomic E-state index is 12.2. The normalized spacial score (nSPS) is 10.6. The maximum Gasteiger partial charge on any atom is 0.251 e. The van der Waals surface area contributed by atoms with Crippen LogP contribution in [0.4, 0.5) is 5.69 Å². The molecule has 138 valence electrons. The molecule has 1 aromatic carbocycles. The molecule has 3 rings (SSSR count). The molecule has 2 aromatic heterocycles. The topological polar surface area (TPSA) is 91.9 Å². The summed E-state index contributed by atoms with van der Waals surface area (Å²) in [5.41, 5.74) is 1.61. The number of benzene rings is 1. The molecule has 0 saturated carbocycles. The van der Waals surface area contributed by atoms with Crippen LogP contribution in [0.15, 0.2) is 47.3 Å². The molecule has 2 N–H and O–H groups in total. The molecule has 0 radical (unpaired) electrons. The highest BCUT2D eigenvalue weighted by atomic mass is 35.5. The first kappa shape index (κ1) is 19.0. The minimum Gasteiger partial charge on any atom is -0.326 e. The average molecular weight is 402 g/mol. The van der Waals surface area contributed by atoms with Gasteiger partial charge in [0, 0.05) is 35.9 Å². The number of H-pyrrole nitrogens is 1. The first-order valence-electron chi connectivity index (χ1n) is 8.17. The number of halogens is 1. The van der Waals surface area contributed by atoms with Crippen molar-refractivity contribution in [1.29, 1.82) is 0 Å². The standard InChI is InChI=1S/C19H16ClN3O3S/c1-11-9-18(26)23-19(21-11)12-3-2-4-13(10-12)22-17(25)8-5-14(24)15-6-7-16(20)27-15/h2-4,6-7,9-10H,5,8H2,1H3,(H,22,25)(H,21,23,26). The van der Waals surface area contributed by atoms with Crippen molar-refractivity contribution < 1.29 is 9.59 Å². The molecule has 1 amide bonds. The molecule has 2 heterocycles. The highest BCUT2D eigenvalue weighted by Gasteiger charge is 2.12. The zero-order chi connectivity index (χ0) is 19.4. The van der Waals surface area contributed by atoms with Gasteiger partial charge in [-0.15, -0.1) is 11.3 Å². The number of aromatic nitrogens is 2. The lowest BCUT2D eigenvalue weighted by Crippen LogP contribution is -2.13. The minimum atomic E-state index is -0.270. The lowest BCUT2D eigenvalue weighted by Gasteiger charge is -2.07.